The number of aliphatic hydroxyl groups excluding tert-OH is 1. The van der Waals surface area contributed by atoms with E-state index in [2.05, 4.69) is 0 Å². The van der Waals surface area contributed by atoms with Gasteiger partial charge in [-0.05, 0) is 39.5 Å². The molecule has 1 fully saturated rings. The Morgan fingerprint density at radius 1 is 1.37 bits per heavy atom. The van der Waals surface area contributed by atoms with E-state index in [1.807, 2.05) is 0 Å². The number of carboxylic acids is 1. The molecule has 0 aromatic rings. The highest BCUT2D eigenvalue weighted by molar-refractivity contribution is 5.68. The van der Waals surface area contributed by atoms with Crippen molar-refractivity contribution in [2.75, 3.05) is 13.1 Å². The predicted octanol–water partition coefficient (Wildman–Crippen LogP) is 1.47. The van der Waals surface area contributed by atoms with Gasteiger partial charge < -0.3 is 19.8 Å². The lowest BCUT2D eigenvalue weighted by Crippen LogP contribution is -2.48. The van der Waals surface area contributed by atoms with Crippen molar-refractivity contribution in [1.82, 2.24) is 4.90 Å². The minimum absolute atomic E-state index is 0.0498. The Kier molecular flexibility index (Phi) is 5.17. The number of likely N-dealkylation sites (tertiary alicyclic amines) is 1. The van der Waals surface area contributed by atoms with Crippen LogP contribution in [0.3, 0.4) is 0 Å². The van der Waals surface area contributed by atoms with Gasteiger partial charge in [0.25, 0.3) is 0 Å². The van der Waals surface area contributed by atoms with Crippen LogP contribution in [0.4, 0.5) is 4.79 Å². The van der Waals surface area contributed by atoms with Crippen LogP contribution < -0.4 is 0 Å². The fraction of sp³-hybridized carbons (Fsp3) is 0.846. The molecule has 1 rings (SSSR count). The van der Waals surface area contributed by atoms with Crippen molar-refractivity contribution >= 4 is 12.1 Å². The lowest BCUT2D eigenvalue weighted by Gasteiger charge is -2.36. The molecular weight excluding hydrogens is 250 g/mol. The summed E-state index contributed by atoms with van der Waals surface area (Å²) in [5.74, 6) is -0.920. The lowest BCUT2D eigenvalue weighted by atomic mass is 9.90. The molecule has 1 aliphatic rings. The number of carbonyl (C=O) groups excluding carboxylic acids is 1. The Morgan fingerprint density at radius 2 is 2.00 bits per heavy atom. The van der Waals surface area contributed by atoms with Crippen molar-refractivity contribution in [1.29, 1.82) is 0 Å². The fourth-order valence-corrected chi connectivity index (χ4v) is 2.12. The average molecular weight is 273 g/mol. The highest BCUT2D eigenvalue weighted by atomic mass is 16.6. The standard InChI is InChI=1S/C13H23NO5/c1-13(2,3)19-12(18)14-7-6-9(10(15)8-14)4-5-11(16)17/h9-10,15H,4-8H2,1-3H3,(H,16,17)/t9-,10+/m0/s1. The maximum atomic E-state index is 11.8. The van der Waals surface area contributed by atoms with E-state index in [4.69, 9.17) is 9.84 Å². The first-order valence-corrected chi connectivity index (χ1v) is 6.57. The second kappa shape index (κ2) is 6.23. The molecule has 2 atom stereocenters. The van der Waals surface area contributed by atoms with Crippen molar-refractivity contribution in [3.8, 4) is 0 Å². The molecule has 0 aromatic heterocycles. The number of piperidine rings is 1. The number of rotatable bonds is 3. The van der Waals surface area contributed by atoms with Crippen LogP contribution in [0, 0.1) is 5.92 Å². The van der Waals surface area contributed by atoms with E-state index in [1.54, 1.807) is 20.8 Å². The van der Waals surface area contributed by atoms with Crippen LogP contribution in [0.15, 0.2) is 0 Å². The van der Waals surface area contributed by atoms with E-state index in [9.17, 15) is 14.7 Å². The Labute approximate surface area is 113 Å². The highest BCUT2D eigenvalue weighted by Crippen LogP contribution is 2.23. The molecule has 6 nitrogen and oxygen atoms in total. The van der Waals surface area contributed by atoms with E-state index >= 15 is 0 Å². The summed E-state index contributed by atoms with van der Waals surface area (Å²) < 4.78 is 5.24. The zero-order valence-corrected chi connectivity index (χ0v) is 11.8. The van der Waals surface area contributed by atoms with Crippen molar-refractivity contribution in [3.05, 3.63) is 0 Å². The molecule has 0 bridgehead atoms. The van der Waals surface area contributed by atoms with Gasteiger partial charge in [-0.15, -0.1) is 0 Å². The number of aliphatic hydroxyl groups is 1. The monoisotopic (exact) mass is 273 g/mol. The van der Waals surface area contributed by atoms with Gasteiger partial charge in [-0.25, -0.2) is 4.79 Å². The maximum Gasteiger partial charge on any atom is 0.410 e. The van der Waals surface area contributed by atoms with Crippen LogP contribution in [0.25, 0.3) is 0 Å². The van der Waals surface area contributed by atoms with Crippen LogP contribution in [-0.2, 0) is 9.53 Å². The topological polar surface area (TPSA) is 87.1 Å². The van der Waals surface area contributed by atoms with Gasteiger partial charge in [0.1, 0.15) is 5.60 Å². The normalized spacial score (nSPS) is 24.1. The van der Waals surface area contributed by atoms with Crippen LogP contribution >= 0.6 is 0 Å². The van der Waals surface area contributed by atoms with Crippen LogP contribution in [-0.4, -0.2) is 52.0 Å². The first kappa shape index (κ1) is 15.8. The smallest absolute Gasteiger partial charge is 0.410 e. The number of carboxylic acid groups (broad SMARTS) is 1. The second-order valence-corrected chi connectivity index (χ2v) is 5.97. The summed E-state index contributed by atoms with van der Waals surface area (Å²) in [5, 5.41) is 18.6. The Bertz CT molecular complexity index is 336. The Balaban J connectivity index is 2.44. The van der Waals surface area contributed by atoms with Gasteiger partial charge in [-0.3, -0.25) is 4.79 Å². The van der Waals surface area contributed by atoms with Gasteiger partial charge in [0.2, 0.25) is 0 Å². The minimum Gasteiger partial charge on any atom is -0.481 e. The quantitative estimate of drug-likeness (QED) is 0.813. The first-order chi connectivity index (χ1) is 8.69. The molecule has 1 amide bonds. The number of hydrogen-bond acceptors (Lipinski definition) is 4. The molecular formula is C13H23NO5. The van der Waals surface area contributed by atoms with E-state index in [1.165, 1.54) is 4.90 Å². The summed E-state index contributed by atoms with van der Waals surface area (Å²) in [4.78, 5) is 23.8. The number of aliphatic carboxylic acids is 1. The number of β-amino-alcohol motifs (C(OH)–C–C–N with tert-alkyl or cyclic N) is 1. The van der Waals surface area contributed by atoms with E-state index in [-0.39, 0.29) is 18.9 Å². The van der Waals surface area contributed by atoms with Crippen molar-refractivity contribution in [2.45, 2.75) is 51.7 Å². The zero-order chi connectivity index (χ0) is 14.6. The maximum absolute atomic E-state index is 11.8. The highest BCUT2D eigenvalue weighted by Gasteiger charge is 2.32. The van der Waals surface area contributed by atoms with E-state index < -0.39 is 23.8 Å². The molecule has 1 saturated heterocycles. The van der Waals surface area contributed by atoms with Crippen molar-refractivity contribution in [2.24, 2.45) is 5.92 Å². The molecule has 0 aromatic carbocycles. The largest absolute Gasteiger partial charge is 0.481 e. The summed E-state index contributed by atoms with van der Waals surface area (Å²) in [6, 6.07) is 0. The Hall–Kier alpha value is -1.30. The first-order valence-electron chi connectivity index (χ1n) is 6.57. The molecule has 19 heavy (non-hydrogen) atoms. The van der Waals surface area contributed by atoms with Gasteiger partial charge in [0.05, 0.1) is 12.6 Å². The minimum atomic E-state index is -0.859. The average Bonchev–Trinajstić information content (AvgIpc) is 2.24. The number of nitrogens with zero attached hydrogens (tertiary/aromatic N) is 1. The van der Waals surface area contributed by atoms with Gasteiger partial charge >= 0.3 is 12.1 Å². The molecule has 2 N–H and O–H groups in total. The van der Waals surface area contributed by atoms with Crippen LogP contribution in [0.2, 0.25) is 0 Å². The number of amides is 1. The second-order valence-electron chi connectivity index (χ2n) is 5.97. The third-order valence-corrected chi connectivity index (χ3v) is 3.10. The molecule has 1 aliphatic heterocycles. The van der Waals surface area contributed by atoms with Crippen LogP contribution in [0.5, 0.6) is 0 Å². The third-order valence-electron chi connectivity index (χ3n) is 3.10. The number of carbonyl (C=O) groups is 2. The van der Waals surface area contributed by atoms with Crippen LogP contribution in [0.1, 0.15) is 40.0 Å². The number of hydrogen-bond donors (Lipinski definition) is 2. The fourth-order valence-electron chi connectivity index (χ4n) is 2.12. The summed E-state index contributed by atoms with van der Waals surface area (Å²) >= 11 is 0. The van der Waals surface area contributed by atoms with Crippen molar-refractivity contribution in [3.63, 3.8) is 0 Å². The Morgan fingerprint density at radius 3 is 2.47 bits per heavy atom. The summed E-state index contributed by atoms with van der Waals surface area (Å²) in [6.45, 7) is 6.08. The van der Waals surface area contributed by atoms with E-state index in [0.29, 0.717) is 19.4 Å². The molecule has 0 saturated carbocycles. The van der Waals surface area contributed by atoms with Gasteiger partial charge in [-0.1, -0.05) is 0 Å². The summed E-state index contributed by atoms with van der Waals surface area (Å²) in [5.41, 5.74) is -0.553. The molecule has 6 heteroatoms. The summed E-state index contributed by atoms with van der Waals surface area (Å²) in [7, 11) is 0. The summed E-state index contributed by atoms with van der Waals surface area (Å²) in [6.07, 6.45) is -0.00981. The zero-order valence-electron chi connectivity index (χ0n) is 11.8. The molecule has 0 spiro atoms. The number of ether oxygens (including phenoxy) is 1. The van der Waals surface area contributed by atoms with Gasteiger partial charge in [0.15, 0.2) is 0 Å². The van der Waals surface area contributed by atoms with E-state index in [0.717, 1.165) is 0 Å². The molecule has 110 valence electrons. The molecule has 0 radical (unpaired) electrons. The predicted molar refractivity (Wildman–Crippen MR) is 68.8 cm³/mol. The lowest BCUT2D eigenvalue weighted by molar-refractivity contribution is -0.137. The SMILES string of the molecule is CC(C)(C)OC(=O)N1CC[C@H](CCC(=O)O)[C@H](O)C1. The molecule has 1 heterocycles. The van der Waals surface area contributed by atoms with Gasteiger partial charge in [0, 0.05) is 13.0 Å². The molecule has 0 aliphatic carbocycles. The van der Waals surface area contributed by atoms with Crippen molar-refractivity contribution < 1.29 is 24.5 Å². The molecule has 0 unspecified atom stereocenters. The third kappa shape index (κ3) is 5.46. The van der Waals surface area contributed by atoms with Gasteiger partial charge in [-0.2, -0.15) is 0 Å².